The van der Waals surface area contributed by atoms with Gasteiger partial charge in [0, 0.05) is 13.1 Å². The van der Waals surface area contributed by atoms with E-state index < -0.39 is 0 Å². The highest BCUT2D eigenvalue weighted by molar-refractivity contribution is 5.91. The van der Waals surface area contributed by atoms with Crippen molar-refractivity contribution < 1.29 is 0 Å². The third-order valence-corrected chi connectivity index (χ3v) is 2.07. The maximum absolute atomic E-state index is 6.98. The average Bonchev–Trinajstić information content (AvgIpc) is 2.00. The van der Waals surface area contributed by atoms with Crippen molar-refractivity contribution in [2.24, 2.45) is 22.4 Å². The third-order valence-electron chi connectivity index (χ3n) is 2.07. The zero-order chi connectivity index (χ0) is 11.3. The molecule has 0 aromatic heterocycles. The molecule has 0 heterocycles. The van der Waals surface area contributed by atoms with Gasteiger partial charge >= 0.3 is 0 Å². The molecule has 14 heavy (non-hydrogen) atoms. The van der Waals surface area contributed by atoms with Crippen molar-refractivity contribution in [3.05, 3.63) is 0 Å². The van der Waals surface area contributed by atoms with Crippen molar-refractivity contribution in [1.29, 1.82) is 5.41 Å². The van der Waals surface area contributed by atoms with Crippen LogP contribution in [0.4, 0.5) is 0 Å². The van der Waals surface area contributed by atoms with E-state index in [1.165, 1.54) is 0 Å². The topological polar surface area (TPSA) is 91.5 Å². The maximum Gasteiger partial charge on any atom is 0.215 e. The summed E-state index contributed by atoms with van der Waals surface area (Å²) in [7, 11) is 1.86. The van der Waals surface area contributed by atoms with E-state index in [0.29, 0.717) is 17.9 Å². The van der Waals surface area contributed by atoms with Gasteiger partial charge in [-0.05, 0) is 19.3 Å². The Morgan fingerprint density at radius 2 is 1.86 bits per heavy atom. The largest absolute Gasteiger partial charge is 0.369 e. The zero-order valence-electron chi connectivity index (χ0n) is 9.41. The van der Waals surface area contributed by atoms with Gasteiger partial charge < -0.3 is 16.4 Å². The molecule has 1 atom stereocenters. The lowest BCUT2D eigenvalue weighted by Crippen LogP contribution is -2.41. The summed E-state index contributed by atoms with van der Waals surface area (Å²) in [5.74, 6) is 0.648. The molecule has 0 aliphatic rings. The number of hydrogen-bond donors (Lipinski definition) is 3. The van der Waals surface area contributed by atoms with E-state index in [0.717, 1.165) is 6.42 Å². The summed E-state index contributed by atoms with van der Waals surface area (Å²) in [6, 6.07) is 0.304. The lowest BCUT2D eigenvalue weighted by molar-refractivity contribution is 0.330. The van der Waals surface area contributed by atoms with E-state index in [2.05, 4.69) is 25.8 Å². The molecule has 82 valence electrons. The first-order valence-electron chi connectivity index (χ1n) is 4.75. The summed E-state index contributed by atoms with van der Waals surface area (Å²) in [6.45, 7) is 6.38. The second-order valence-corrected chi connectivity index (χ2v) is 3.94. The Kier molecular flexibility index (Phi) is 4.97. The van der Waals surface area contributed by atoms with Crippen LogP contribution in [0.25, 0.3) is 0 Å². The summed E-state index contributed by atoms with van der Waals surface area (Å²) in [5.41, 5.74) is 10.8. The molecule has 0 amide bonds. The first kappa shape index (κ1) is 12.7. The molecule has 0 aliphatic heterocycles. The van der Waals surface area contributed by atoms with Crippen molar-refractivity contribution in [2.75, 3.05) is 7.05 Å². The van der Waals surface area contributed by atoms with Crippen LogP contribution < -0.4 is 11.5 Å². The van der Waals surface area contributed by atoms with Crippen LogP contribution in [0.1, 0.15) is 27.2 Å². The Morgan fingerprint density at radius 3 is 2.21 bits per heavy atom. The van der Waals surface area contributed by atoms with E-state index in [4.69, 9.17) is 16.9 Å². The quantitative estimate of drug-likeness (QED) is 0.458. The number of guanidine groups is 2. The van der Waals surface area contributed by atoms with Crippen LogP contribution in [0.5, 0.6) is 0 Å². The number of hydrogen-bond acceptors (Lipinski definition) is 1. The van der Waals surface area contributed by atoms with Crippen LogP contribution in [0.2, 0.25) is 0 Å². The van der Waals surface area contributed by atoms with Gasteiger partial charge in [-0.15, -0.1) is 0 Å². The predicted octanol–water partition coefficient (Wildman–Crippen LogP) is 0.561. The smallest absolute Gasteiger partial charge is 0.215 e. The van der Waals surface area contributed by atoms with Crippen LogP contribution in [0.3, 0.4) is 0 Å². The fourth-order valence-corrected chi connectivity index (χ4v) is 1.27. The van der Waals surface area contributed by atoms with Gasteiger partial charge in [0.25, 0.3) is 0 Å². The summed E-state index contributed by atoms with van der Waals surface area (Å²) in [4.78, 5) is 5.52. The Hall–Kier alpha value is -1.26. The molecule has 5 N–H and O–H groups in total. The molecule has 1 unspecified atom stereocenters. The van der Waals surface area contributed by atoms with Gasteiger partial charge in [0.15, 0.2) is 5.96 Å². The molecule has 5 heteroatoms. The molecule has 0 fully saturated rings. The molecule has 0 radical (unpaired) electrons. The summed E-state index contributed by atoms with van der Waals surface area (Å²) < 4.78 is 0. The zero-order valence-corrected chi connectivity index (χ0v) is 9.41. The van der Waals surface area contributed by atoms with E-state index in [1.54, 1.807) is 0 Å². The highest BCUT2D eigenvalue weighted by Gasteiger charge is 2.12. The van der Waals surface area contributed by atoms with E-state index in [1.807, 2.05) is 11.9 Å². The van der Waals surface area contributed by atoms with Crippen molar-refractivity contribution in [2.45, 2.75) is 33.2 Å². The standard InChI is InChI=1S/C9H21N5/c1-6(2)5-7(3)14(4)9(12)13-8(10)11/h6-7H,5H2,1-4H3,(H5,10,11,12,13). The van der Waals surface area contributed by atoms with Crippen molar-refractivity contribution >= 4 is 11.9 Å². The first-order valence-corrected chi connectivity index (χ1v) is 4.75. The molecule has 0 saturated carbocycles. The van der Waals surface area contributed by atoms with E-state index in [9.17, 15) is 0 Å². The van der Waals surface area contributed by atoms with Gasteiger partial charge in [-0.1, -0.05) is 13.8 Å². The molecule has 5 nitrogen and oxygen atoms in total. The lowest BCUT2D eigenvalue weighted by Gasteiger charge is -2.26. The minimum absolute atomic E-state index is 0.258. The van der Waals surface area contributed by atoms with Gasteiger partial charge in [0.1, 0.15) is 0 Å². The molecule has 0 bridgehead atoms. The van der Waals surface area contributed by atoms with Crippen LogP contribution in [0, 0.1) is 11.3 Å². The van der Waals surface area contributed by atoms with Crippen LogP contribution >= 0.6 is 0 Å². The number of nitrogens with one attached hydrogen (secondary N) is 1. The maximum atomic E-state index is 6.98. The lowest BCUT2D eigenvalue weighted by atomic mass is 10.0. The van der Waals surface area contributed by atoms with Gasteiger partial charge in [-0.25, -0.2) is 0 Å². The van der Waals surface area contributed by atoms with Gasteiger partial charge in [0.05, 0.1) is 0 Å². The number of rotatable bonds is 3. The molecule has 0 aliphatic carbocycles. The second-order valence-electron chi connectivity index (χ2n) is 3.94. The Morgan fingerprint density at radius 1 is 1.36 bits per heavy atom. The number of nitrogens with two attached hydrogens (primary N) is 2. The molecular weight excluding hydrogens is 178 g/mol. The molecule has 0 rings (SSSR count). The minimum Gasteiger partial charge on any atom is -0.369 e. The Labute approximate surface area is 85.7 Å². The van der Waals surface area contributed by atoms with E-state index >= 15 is 0 Å². The van der Waals surface area contributed by atoms with E-state index in [-0.39, 0.29) is 5.96 Å². The monoisotopic (exact) mass is 199 g/mol. The van der Waals surface area contributed by atoms with Gasteiger partial charge in [0.2, 0.25) is 5.96 Å². The fraction of sp³-hybridized carbons (Fsp3) is 0.778. The average molecular weight is 199 g/mol. The summed E-state index contributed by atoms with van der Waals surface area (Å²) in [5, 5.41) is 6.98. The highest BCUT2D eigenvalue weighted by atomic mass is 15.3. The van der Waals surface area contributed by atoms with Crippen LogP contribution in [0.15, 0.2) is 4.99 Å². The highest BCUT2D eigenvalue weighted by Crippen LogP contribution is 2.08. The Balaban J connectivity index is 4.30. The number of aliphatic imine (C=N–C) groups is 1. The normalized spacial score (nSPS) is 14.2. The number of nitrogens with zero attached hydrogens (tertiary/aromatic N) is 2. The molecular formula is C9H21N5. The minimum atomic E-state index is -0.258. The third kappa shape index (κ3) is 4.69. The second kappa shape index (κ2) is 5.47. The molecule has 0 aromatic rings. The van der Waals surface area contributed by atoms with Gasteiger partial charge in [-0.2, -0.15) is 4.99 Å². The van der Waals surface area contributed by atoms with Crippen molar-refractivity contribution in [1.82, 2.24) is 4.90 Å². The van der Waals surface area contributed by atoms with Crippen molar-refractivity contribution in [3.63, 3.8) is 0 Å². The molecule has 0 saturated heterocycles. The fourth-order valence-electron chi connectivity index (χ4n) is 1.27. The summed E-state index contributed by atoms with van der Waals surface area (Å²) >= 11 is 0. The Bertz CT molecular complexity index is 221. The molecule has 0 aromatic carbocycles. The predicted molar refractivity (Wildman–Crippen MR) is 60.2 cm³/mol. The van der Waals surface area contributed by atoms with Crippen LogP contribution in [-0.4, -0.2) is 29.9 Å². The molecule has 0 spiro atoms. The van der Waals surface area contributed by atoms with Gasteiger partial charge in [-0.3, -0.25) is 5.41 Å². The summed E-state index contributed by atoms with van der Waals surface area (Å²) in [6.07, 6.45) is 1.03. The van der Waals surface area contributed by atoms with Crippen molar-refractivity contribution in [3.8, 4) is 0 Å². The first-order chi connectivity index (χ1) is 6.34. The SMILES string of the molecule is CC(C)CC(C)N(C)/C(N)=N/C(=N)N. The van der Waals surface area contributed by atoms with Crippen LogP contribution in [-0.2, 0) is 0 Å².